The maximum atomic E-state index is 11.8. The monoisotopic (exact) mass is 322 g/mol. The van der Waals surface area contributed by atoms with Crippen LogP contribution in [-0.4, -0.2) is 22.2 Å². The number of fused-ring (bicyclic) bond motifs is 2. The van der Waals surface area contributed by atoms with E-state index in [2.05, 4.69) is 0 Å². The van der Waals surface area contributed by atoms with E-state index in [0.29, 0.717) is 11.1 Å². The molecule has 0 saturated heterocycles. The molecule has 2 N–H and O–H groups in total. The average molecular weight is 322 g/mol. The SMILES string of the molecule is O=C(O)c1cccc2oc(-c3cccc4ccoc34)c(C(=O)O)c12. The predicted octanol–water partition coefficient (Wildman–Crippen LogP) is 4.24. The number of carbonyl (C=O) groups is 2. The molecule has 6 heteroatoms. The molecule has 0 bridgehead atoms. The molecule has 0 saturated carbocycles. The van der Waals surface area contributed by atoms with Gasteiger partial charge in [-0.1, -0.05) is 18.2 Å². The predicted molar refractivity (Wildman–Crippen MR) is 85.3 cm³/mol. The van der Waals surface area contributed by atoms with Crippen molar-refractivity contribution in [3.63, 3.8) is 0 Å². The second-order valence-corrected chi connectivity index (χ2v) is 5.24. The summed E-state index contributed by atoms with van der Waals surface area (Å²) in [7, 11) is 0. The van der Waals surface area contributed by atoms with Crippen molar-refractivity contribution in [2.24, 2.45) is 0 Å². The zero-order chi connectivity index (χ0) is 16.8. The van der Waals surface area contributed by atoms with Gasteiger partial charge in [0.05, 0.1) is 22.8 Å². The Kier molecular flexibility index (Phi) is 2.93. The number of furan rings is 2. The van der Waals surface area contributed by atoms with Crippen molar-refractivity contribution in [2.45, 2.75) is 0 Å². The van der Waals surface area contributed by atoms with Gasteiger partial charge in [0.15, 0.2) is 5.76 Å². The highest BCUT2D eigenvalue weighted by atomic mass is 16.4. The number of hydrogen-bond acceptors (Lipinski definition) is 4. The van der Waals surface area contributed by atoms with Gasteiger partial charge in [-0.05, 0) is 24.3 Å². The number of carboxylic acids is 2. The zero-order valence-electron chi connectivity index (χ0n) is 12.1. The first-order valence-electron chi connectivity index (χ1n) is 7.06. The van der Waals surface area contributed by atoms with Crippen LogP contribution in [0.2, 0.25) is 0 Å². The highest BCUT2D eigenvalue weighted by molar-refractivity contribution is 6.16. The van der Waals surface area contributed by atoms with Gasteiger partial charge in [-0.15, -0.1) is 0 Å². The Morgan fingerprint density at radius 1 is 0.917 bits per heavy atom. The van der Waals surface area contributed by atoms with Crippen molar-refractivity contribution in [1.29, 1.82) is 0 Å². The molecule has 2 aromatic carbocycles. The molecule has 24 heavy (non-hydrogen) atoms. The van der Waals surface area contributed by atoms with Crippen LogP contribution in [0, 0.1) is 0 Å². The van der Waals surface area contributed by atoms with Crippen LogP contribution in [0.1, 0.15) is 20.7 Å². The minimum Gasteiger partial charge on any atom is -0.478 e. The molecule has 118 valence electrons. The second kappa shape index (κ2) is 4.99. The van der Waals surface area contributed by atoms with E-state index in [1.807, 2.05) is 6.07 Å². The van der Waals surface area contributed by atoms with E-state index in [1.165, 1.54) is 18.4 Å². The molecule has 0 aliphatic carbocycles. The normalized spacial score (nSPS) is 11.2. The lowest BCUT2D eigenvalue weighted by Gasteiger charge is -2.01. The number of aromatic carboxylic acids is 2. The molecule has 2 heterocycles. The van der Waals surface area contributed by atoms with E-state index in [4.69, 9.17) is 8.83 Å². The van der Waals surface area contributed by atoms with Gasteiger partial charge in [0.25, 0.3) is 0 Å². The zero-order valence-corrected chi connectivity index (χ0v) is 12.1. The first-order valence-corrected chi connectivity index (χ1v) is 7.06. The van der Waals surface area contributed by atoms with E-state index in [-0.39, 0.29) is 27.9 Å². The number of hydrogen-bond donors (Lipinski definition) is 2. The van der Waals surface area contributed by atoms with Gasteiger partial charge in [0.2, 0.25) is 0 Å². The summed E-state index contributed by atoms with van der Waals surface area (Å²) in [4.78, 5) is 23.3. The van der Waals surface area contributed by atoms with E-state index < -0.39 is 11.9 Å². The molecule has 0 radical (unpaired) electrons. The topological polar surface area (TPSA) is 101 Å². The Morgan fingerprint density at radius 2 is 1.71 bits per heavy atom. The summed E-state index contributed by atoms with van der Waals surface area (Å²) in [5.74, 6) is -2.40. The van der Waals surface area contributed by atoms with Crippen LogP contribution < -0.4 is 0 Å². The van der Waals surface area contributed by atoms with Crippen molar-refractivity contribution in [3.05, 3.63) is 59.9 Å². The third kappa shape index (κ3) is 1.90. The van der Waals surface area contributed by atoms with Gasteiger partial charge in [-0.2, -0.15) is 0 Å². The molecule has 0 unspecified atom stereocenters. The largest absolute Gasteiger partial charge is 0.478 e. The first kappa shape index (κ1) is 14.1. The fourth-order valence-corrected chi connectivity index (χ4v) is 2.89. The second-order valence-electron chi connectivity index (χ2n) is 5.24. The van der Waals surface area contributed by atoms with Crippen molar-refractivity contribution in [3.8, 4) is 11.3 Å². The van der Waals surface area contributed by atoms with Gasteiger partial charge < -0.3 is 19.0 Å². The minimum absolute atomic E-state index is 0.0658. The maximum Gasteiger partial charge on any atom is 0.340 e. The van der Waals surface area contributed by atoms with E-state index in [0.717, 1.165) is 5.39 Å². The van der Waals surface area contributed by atoms with Crippen LogP contribution in [0.3, 0.4) is 0 Å². The van der Waals surface area contributed by atoms with E-state index in [9.17, 15) is 19.8 Å². The lowest BCUT2D eigenvalue weighted by molar-refractivity contribution is 0.0694. The van der Waals surface area contributed by atoms with E-state index in [1.54, 1.807) is 24.3 Å². The fraction of sp³-hybridized carbons (Fsp3) is 0. The quantitative estimate of drug-likeness (QED) is 0.585. The highest BCUT2D eigenvalue weighted by Crippen LogP contribution is 2.38. The van der Waals surface area contributed by atoms with Crippen molar-refractivity contribution in [1.82, 2.24) is 0 Å². The van der Waals surface area contributed by atoms with Gasteiger partial charge >= 0.3 is 11.9 Å². The molecule has 0 aliphatic rings. The van der Waals surface area contributed by atoms with Crippen LogP contribution in [0.15, 0.2) is 57.6 Å². The molecule has 0 fully saturated rings. The molecule has 0 aliphatic heterocycles. The number of benzene rings is 2. The van der Waals surface area contributed by atoms with Crippen LogP contribution in [0.5, 0.6) is 0 Å². The third-order valence-corrected chi connectivity index (χ3v) is 3.88. The van der Waals surface area contributed by atoms with Crippen molar-refractivity contribution >= 4 is 33.9 Å². The van der Waals surface area contributed by atoms with Crippen molar-refractivity contribution in [2.75, 3.05) is 0 Å². The summed E-state index contributed by atoms with van der Waals surface area (Å²) < 4.78 is 11.2. The molecule has 4 aromatic rings. The van der Waals surface area contributed by atoms with Gasteiger partial charge in [-0.25, -0.2) is 9.59 Å². The summed E-state index contributed by atoms with van der Waals surface area (Å²) in [5, 5.41) is 19.9. The Hall–Kier alpha value is -3.54. The standard InChI is InChI=1S/C18H10O6/c19-17(20)10-4-2-6-12-13(10)14(18(21)22)16(24-12)11-5-1-3-9-7-8-23-15(9)11/h1-8H,(H,19,20)(H,21,22). The fourth-order valence-electron chi connectivity index (χ4n) is 2.89. The highest BCUT2D eigenvalue weighted by Gasteiger charge is 2.27. The first-order chi connectivity index (χ1) is 11.6. The summed E-state index contributed by atoms with van der Waals surface area (Å²) in [5.41, 5.74) is 0.836. The summed E-state index contributed by atoms with van der Waals surface area (Å²) in [6.07, 6.45) is 1.50. The maximum absolute atomic E-state index is 11.8. The molecule has 4 rings (SSSR count). The van der Waals surface area contributed by atoms with Gasteiger partial charge in [0, 0.05) is 5.39 Å². The summed E-state index contributed by atoms with van der Waals surface area (Å²) in [6, 6.07) is 11.4. The van der Waals surface area contributed by atoms with Crippen molar-refractivity contribution < 1.29 is 28.6 Å². The van der Waals surface area contributed by atoms with Crippen LogP contribution in [-0.2, 0) is 0 Å². The molecular weight excluding hydrogens is 312 g/mol. The molecule has 0 spiro atoms. The summed E-state index contributed by atoms with van der Waals surface area (Å²) in [6.45, 7) is 0. The third-order valence-electron chi connectivity index (χ3n) is 3.88. The molecule has 2 aromatic heterocycles. The van der Waals surface area contributed by atoms with Gasteiger partial charge in [-0.3, -0.25) is 0 Å². The summed E-state index contributed by atoms with van der Waals surface area (Å²) >= 11 is 0. The Bertz CT molecular complexity index is 1120. The Balaban J connectivity index is 2.15. The van der Waals surface area contributed by atoms with Crippen LogP contribution >= 0.6 is 0 Å². The smallest absolute Gasteiger partial charge is 0.340 e. The van der Waals surface area contributed by atoms with Crippen LogP contribution in [0.25, 0.3) is 33.3 Å². The number of para-hydroxylation sites is 1. The molecular formula is C18H10O6. The Morgan fingerprint density at radius 3 is 2.46 bits per heavy atom. The van der Waals surface area contributed by atoms with Crippen LogP contribution in [0.4, 0.5) is 0 Å². The average Bonchev–Trinajstić information content (AvgIpc) is 3.17. The minimum atomic E-state index is -1.26. The molecule has 0 atom stereocenters. The lowest BCUT2D eigenvalue weighted by Crippen LogP contribution is -2.02. The Labute approximate surface area is 134 Å². The van der Waals surface area contributed by atoms with E-state index >= 15 is 0 Å². The lowest BCUT2D eigenvalue weighted by atomic mass is 10.0. The van der Waals surface area contributed by atoms with Gasteiger partial charge in [0.1, 0.15) is 16.7 Å². The number of rotatable bonds is 3. The molecule has 0 amide bonds. The number of carboxylic acid groups (broad SMARTS) is 2. The molecule has 6 nitrogen and oxygen atoms in total.